The van der Waals surface area contributed by atoms with Crippen LogP contribution in [0.4, 0.5) is 0 Å². The van der Waals surface area contributed by atoms with Crippen LogP contribution in [0.5, 0.6) is 0 Å². The van der Waals surface area contributed by atoms with Gasteiger partial charge >= 0.3 is 0 Å². The van der Waals surface area contributed by atoms with Crippen molar-refractivity contribution in [2.45, 2.75) is 52.4 Å². The van der Waals surface area contributed by atoms with E-state index in [-0.39, 0.29) is 0 Å². The topological polar surface area (TPSA) is 38.7 Å². The van der Waals surface area contributed by atoms with Gasteiger partial charge in [0.1, 0.15) is 0 Å². The van der Waals surface area contributed by atoms with Crippen LogP contribution in [0.2, 0.25) is 0 Å². The molecular formula is C23H27N3. The van der Waals surface area contributed by atoms with Crippen LogP contribution in [0.3, 0.4) is 0 Å². The van der Waals surface area contributed by atoms with E-state index in [1.54, 1.807) is 0 Å². The minimum atomic E-state index is 0.780. The van der Waals surface area contributed by atoms with Crippen LogP contribution in [-0.2, 0) is 12.8 Å². The zero-order valence-corrected chi connectivity index (χ0v) is 15.8. The van der Waals surface area contributed by atoms with Crippen LogP contribution in [-0.4, -0.2) is 15.0 Å². The molecule has 0 aliphatic rings. The minimum absolute atomic E-state index is 0.780. The van der Waals surface area contributed by atoms with Crippen LogP contribution in [0, 0.1) is 0 Å². The molecule has 0 aliphatic carbocycles. The summed E-state index contributed by atoms with van der Waals surface area (Å²) in [5.74, 6) is 0.780. The van der Waals surface area contributed by atoms with E-state index in [4.69, 9.17) is 0 Å². The number of pyridine rings is 1. The molecule has 3 heteroatoms. The van der Waals surface area contributed by atoms with Gasteiger partial charge in [-0.3, -0.25) is 4.98 Å². The van der Waals surface area contributed by atoms with E-state index in [0.717, 1.165) is 41.9 Å². The molecule has 3 nitrogen and oxygen atoms in total. The number of hydrogen-bond donors (Lipinski definition) is 0. The fraction of sp³-hybridized carbons (Fsp3) is 0.348. The molecule has 0 unspecified atom stereocenters. The number of rotatable bonds is 8. The van der Waals surface area contributed by atoms with Crippen LogP contribution in [0.15, 0.2) is 55.0 Å². The Morgan fingerprint density at radius 2 is 1.31 bits per heavy atom. The molecule has 0 saturated heterocycles. The zero-order chi connectivity index (χ0) is 18.2. The van der Waals surface area contributed by atoms with Gasteiger partial charge in [-0.05, 0) is 36.5 Å². The highest BCUT2D eigenvalue weighted by atomic mass is 14.9. The van der Waals surface area contributed by atoms with Crippen molar-refractivity contribution in [1.29, 1.82) is 0 Å². The SMILES string of the molecule is CCCCCc1cnc(-c2ccc(-c3ccc(CCC)cn3)cc2)nc1. The van der Waals surface area contributed by atoms with Crippen molar-refractivity contribution < 1.29 is 0 Å². The molecule has 0 N–H and O–H groups in total. The number of unbranched alkanes of at least 4 members (excludes halogenated alkanes) is 2. The summed E-state index contributed by atoms with van der Waals surface area (Å²) in [6.45, 7) is 4.41. The van der Waals surface area contributed by atoms with Gasteiger partial charge in [-0.25, -0.2) is 9.97 Å². The average Bonchev–Trinajstić information content (AvgIpc) is 2.70. The Morgan fingerprint density at radius 1 is 0.615 bits per heavy atom. The second kappa shape index (κ2) is 9.23. The number of nitrogens with zero attached hydrogens (tertiary/aromatic N) is 3. The highest BCUT2D eigenvalue weighted by Crippen LogP contribution is 2.22. The van der Waals surface area contributed by atoms with Crippen molar-refractivity contribution in [2.24, 2.45) is 0 Å². The van der Waals surface area contributed by atoms with Crippen molar-refractivity contribution in [2.75, 3.05) is 0 Å². The first-order valence-electron chi connectivity index (χ1n) is 9.66. The summed E-state index contributed by atoms with van der Waals surface area (Å²) >= 11 is 0. The lowest BCUT2D eigenvalue weighted by molar-refractivity contribution is 0.714. The maximum Gasteiger partial charge on any atom is 0.159 e. The predicted molar refractivity (Wildman–Crippen MR) is 108 cm³/mol. The summed E-state index contributed by atoms with van der Waals surface area (Å²) in [5, 5.41) is 0. The quantitative estimate of drug-likeness (QED) is 0.478. The first kappa shape index (κ1) is 18.2. The van der Waals surface area contributed by atoms with Crippen molar-refractivity contribution in [3.05, 3.63) is 66.1 Å². The third kappa shape index (κ3) is 4.75. The van der Waals surface area contributed by atoms with Gasteiger partial charge in [-0.1, -0.05) is 63.4 Å². The monoisotopic (exact) mass is 345 g/mol. The van der Waals surface area contributed by atoms with Gasteiger partial charge in [0.05, 0.1) is 5.69 Å². The molecule has 3 aromatic rings. The molecule has 0 fully saturated rings. The molecule has 0 aliphatic heterocycles. The molecule has 2 heterocycles. The third-order valence-electron chi connectivity index (χ3n) is 4.58. The van der Waals surface area contributed by atoms with Crippen LogP contribution in [0.1, 0.15) is 50.7 Å². The summed E-state index contributed by atoms with van der Waals surface area (Å²) < 4.78 is 0. The summed E-state index contributed by atoms with van der Waals surface area (Å²) in [7, 11) is 0. The molecular weight excluding hydrogens is 318 g/mol. The van der Waals surface area contributed by atoms with E-state index in [1.807, 2.05) is 18.6 Å². The van der Waals surface area contributed by atoms with Gasteiger partial charge in [-0.2, -0.15) is 0 Å². The Kier molecular flexibility index (Phi) is 6.48. The Labute approximate surface area is 156 Å². The smallest absolute Gasteiger partial charge is 0.159 e. The second-order valence-corrected chi connectivity index (χ2v) is 6.75. The van der Waals surface area contributed by atoms with Gasteiger partial charge in [0.2, 0.25) is 0 Å². The van der Waals surface area contributed by atoms with Crippen molar-refractivity contribution in [3.8, 4) is 22.6 Å². The first-order valence-corrected chi connectivity index (χ1v) is 9.66. The zero-order valence-electron chi connectivity index (χ0n) is 15.8. The second-order valence-electron chi connectivity index (χ2n) is 6.75. The van der Waals surface area contributed by atoms with Gasteiger partial charge in [0, 0.05) is 29.7 Å². The lowest BCUT2D eigenvalue weighted by Crippen LogP contribution is -1.93. The average molecular weight is 345 g/mol. The van der Waals surface area contributed by atoms with Crippen molar-refractivity contribution in [3.63, 3.8) is 0 Å². The third-order valence-corrected chi connectivity index (χ3v) is 4.58. The van der Waals surface area contributed by atoms with E-state index in [0.29, 0.717) is 0 Å². The molecule has 134 valence electrons. The number of aromatic nitrogens is 3. The van der Waals surface area contributed by atoms with Crippen molar-refractivity contribution in [1.82, 2.24) is 15.0 Å². The Hall–Kier alpha value is -2.55. The van der Waals surface area contributed by atoms with E-state index in [2.05, 4.69) is 65.2 Å². The Bertz CT molecular complexity index is 790. The summed E-state index contributed by atoms with van der Waals surface area (Å²) in [6, 6.07) is 12.6. The maximum atomic E-state index is 4.59. The molecule has 1 aromatic carbocycles. The number of benzene rings is 1. The normalized spacial score (nSPS) is 10.8. The standard InChI is InChI=1S/C23H27N3/c1-3-5-6-8-19-16-25-23(26-17-19)21-12-10-20(11-13-21)22-14-9-18(7-4-2)15-24-22/h9-17H,3-8H2,1-2H3. The molecule has 0 radical (unpaired) electrons. The number of hydrogen-bond acceptors (Lipinski definition) is 3. The highest BCUT2D eigenvalue weighted by Gasteiger charge is 2.04. The fourth-order valence-corrected chi connectivity index (χ4v) is 3.03. The molecule has 26 heavy (non-hydrogen) atoms. The first-order chi connectivity index (χ1) is 12.8. The maximum absolute atomic E-state index is 4.59. The lowest BCUT2D eigenvalue weighted by atomic mass is 10.1. The van der Waals surface area contributed by atoms with E-state index in [1.165, 1.54) is 30.4 Å². The largest absolute Gasteiger partial charge is 0.256 e. The highest BCUT2D eigenvalue weighted by molar-refractivity contribution is 5.65. The van der Waals surface area contributed by atoms with Gasteiger partial charge in [0.25, 0.3) is 0 Å². The molecule has 0 saturated carbocycles. The molecule has 2 aromatic heterocycles. The summed E-state index contributed by atoms with van der Waals surface area (Å²) in [4.78, 5) is 13.7. The molecule has 3 rings (SSSR count). The van der Waals surface area contributed by atoms with Crippen LogP contribution < -0.4 is 0 Å². The molecule has 0 spiro atoms. The lowest BCUT2D eigenvalue weighted by Gasteiger charge is -2.05. The summed E-state index contributed by atoms with van der Waals surface area (Å²) in [6.07, 6.45) is 12.9. The van der Waals surface area contributed by atoms with Gasteiger partial charge in [0.15, 0.2) is 5.82 Å². The molecule has 0 amide bonds. The van der Waals surface area contributed by atoms with Crippen molar-refractivity contribution >= 4 is 0 Å². The van der Waals surface area contributed by atoms with Crippen LogP contribution in [0.25, 0.3) is 22.6 Å². The summed E-state index contributed by atoms with van der Waals surface area (Å²) in [5.41, 5.74) is 5.67. The molecule has 0 atom stereocenters. The Morgan fingerprint density at radius 3 is 1.92 bits per heavy atom. The van der Waals surface area contributed by atoms with Gasteiger partial charge < -0.3 is 0 Å². The minimum Gasteiger partial charge on any atom is -0.256 e. The predicted octanol–water partition coefficient (Wildman–Crippen LogP) is 5.89. The Balaban J connectivity index is 1.68. The molecule has 0 bridgehead atoms. The number of aryl methyl sites for hydroxylation is 2. The van der Waals surface area contributed by atoms with E-state index < -0.39 is 0 Å². The van der Waals surface area contributed by atoms with Gasteiger partial charge in [-0.15, -0.1) is 0 Å². The van der Waals surface area contributed by atoms with Crippen LogP contribution >= 0.6 is 0 Å². The van der Waals surface area contributed by atoms with E-state index in [9.17, 15) is 0 Å². The fourth-order valence-electron chi connectivity index (χ4n) is 3.03. The van der Waals surface area contributed by atoms with E-state index >= 15 is 0 Å².